The first-order valence-corrected chi connectivity index (χ1v) is 7.02. The molecule has 8 heteroatoms. The molecule has 1 aromatic heterocycles. The van der Waals surface area contributed by atoms with Gasteiger partial charge in [-0.1, -0.05) is 0 Å². The molecule has 0 saturated heterocycles. The van der Waals surface area contributed by atoms with E-state index in [4.69, 9.17) is 5.73 Å². The molecule has 6 nitrogen and oxygen atoms in total. The van der Waals surface area contributed by atoms with Crippen molar-refractivity contribution in [2.45, 2.75) is 0 Å². The fraction of sp³-hybridized carbons (Fsp3) is 0.375. The minimum absolute atomic E-state index is 0.0549. The summed E-state index contributed by atoms with van der Waals surface area (Å²) in [5.74, 6) is -0.501. The van der Waals surface area contributed by atoms with Crippen molar-refractivity contribution in [3.8, 4) is 0 Å². The fourth-order valence-corrected chi connectivity index (χ4v) is 2.29. The molecule has 0 aliphatic heterocycles. The van der Waals surface area contributed by atoms with E-state index < -0.39 is 10.0 Å². The predicted molar refractivity (Wildman–Crippen MR) is 63.9 cm³/mol. The molecule has 0 aromatic carbocycles. The molecule has 0 atom stereocenters. The van der Waals surface area contributed by atoms with Crippen molar-refractivity contribution in [1.82, 2.24) is 10.0 Å². The number of carbonyl (C=O) groups is 1. The smallest absolute Gasteiger partial charge is 0.263 e. The Morgan fingerprint density at radius 3 is 2.75 bits per heavy atom. The summed E-state index contributed by atoms with van der Waals surface area (Å²) in [7, 11) is -1.96. The minimum Gasteiger partial charge on any atom is -0.397 e. The first-order chi connectivity index (χ1) is 7.46. The van der Waals surface area contributed by atoms with Gasteiger partial charge in [-0.15, -0.1) is 11.3 Å². The number of nitrogens with two attached hydrogens (primary N) is 1. The van der Waals surface area contributed by atoms with E-state index in [1.54, 1.807) is 11.4 Å². The van der Waals surface area contributed by atoms with Gasteiger partial charge in [0.1, 0.15) is 4.88 Å². The van der Waals surface area contributed by atoms with Crippen LogP contribution in [0.4, 0.5) is 5.69 Å². The van der Waals surface area contributed by atoms with Crippen LogP contribution in [0.2, 0.25) is 0 Å². The van der Waals surface area contributed by atoms with Crippen LogP contribution in [0, 0.1) is 0 Å². The normalized spacial score (nSPS) is 11.3. The third kappa shape index (κ3) is 3.47. The Labute approximate surface area is 97.9 Å². The zero-order valence-corrected chi connectivity index (χ0v) is 10.3. The quantitative estimate of drug-likeness (QED) is 0.673. The van der Waals surface area contributed by atoms with E-state index in [2.05, 4.69) is 10.0 Å². The van der Waals surface area contributed by atoms with Crippen LogP contribution >= 0.6 is 11.3 Å². The van der Waals surface area contributed by atoms with E-state index in [1.165, 1.54) is 18.4 Å². The van der Waals surface area contributed by atoms with E-state index in [0.29, 0.717) is 10.6 Å². The van der Waals surface area contributed by atoms with Crippen LogP contribution in [0.25, 0.3) is 0 Å². The van der Waals surface area contributed by atoms with E-state index in [0.717, 1.165) is 0 Å². The van der Waals surface area contributed by atoms with Gasteiger partial charge in [0.25, 0.3) is 5.91 Å². The van der Waals surface area contributed by atoms with Gasteiger partial charge in [0, 0.05) is 6.54 Å². The third-order valence-electron chi connectivity index (χ3n) is 1.87. The van der Waals surface area contributed by atoms with Crippen molar-refractivity contribution in [3.63, 3.8) is 0 Å². The summed E-state index contributed by atoms with van der Waals surface area (Å²) in [6.45, 7) is 0.0549. The summed E-state index contributed by atoms with van der Waals surface area (Å²) in [5, 5.41) is 4.19. The highest BCUT2D eigenvalue weighted by atomic mass is 32.2. The highest BCUT2D eigenvalue weighted by Crippen LogP contribution is 2.17. The van der Waals surface area contributed by atoms with E-state index in [9.17, 15) is 13.2 Å². The maximum absolute atomic E-state index is 11.5. The van der Waals surface area contributed by atoms with Crippen LogP contribution in [-0.4, -0.2) is 33.7 Å². The van der Waals surface area contributed by atoms with Crippen molar-refractivity contribution in [2.75, 3.05) is 25.1 Å². The Hall–Kier alpha value is -1.12. The highest BCUT2D eigenvalue weighted by molar-refractivity contribution is 7.89. The number of thiophene rings is 1. The second kappa shape index (κ2) is 5.28. The minimum atomic E-state index is -3.29. The molecule has 1 amide bonds. The zero-order valence-electron chi connectivity index (χ0n) is 8.69. The number of hydrogen-bond donors (Lipinski definition) is 3. The summed E-state index contributed by atoms with van der Waals surface area (Å²) < 4.78 is 24.3. The molecule has 0 fully saturated rings. The summed E-state index contributed by atoms with van der Waals surface area (Å²) in [6.07, 6.45) is 0. The Kier molecular flexibility index (Phi) is 4.27. The molecule has 90 valence electrons. The van der Waals surface area contributed by atoms with Crippen molar-refractivity contribution in [3.05, 3.63) is 16.3 Å². The lowest BCUT2D eigenvalue weighted by atomic mass is 10.4. The number of carbonyl (C=O) groups excluding carboxylic acids is 1. The number of rotatable bonds is 5. The Balaban J connectivity index is 2.46. The Morgan fingerprint density at radius 2 is 2.25 bits per heavy atom. The van der Waals surface area contributed by atoms with Gasteiger partial charge < -0.3 is 11.1 Å². The van der Waals surface area contributed by atoms with E-state index >= 15 is 0 Å². The summed E-state index contributed by atoms with van der Waals surface area (Å²) in [6, 6.07) is 1.63. The Bertz CT molecular complexity index is 467. The van der Waals surface area contributed by atoms with Gasteiger partial charge >= 0.3 is 0 Å². The summed E-state index contributed by atoms with van der Waals surface area (Å²) in [4.78, 5) is 11.9. The largest absolute Gasteiger partial charge is 0.397 e. The second-order valence-electron chi connectivity index (χ2n) is 2.98. The van der Waals surface area contributed by atoms with Gasteiger partial charge in [-0.05, 0) is 18.5 Å². The molecular formula is C8H13N3O3S2. The molecule has 1 heterocycles. The lowest BCUT2D eigenvalue weighted by Gasteiger charge is -2.04. The second-order valence-corrected chi connectivity index (χ2v) is 5.95. The van der Waals surface area contributed by atoms with E-state index in [1.807, 2.05) is 0 Å². The van der Waals surface area contributed by atoms with Crippen LogP contribution in [0.3, 0.4) is 0 Å². The monoisotopic (exact) mass is 263 g/mol. The van der Waals surface area contributed by atoms with Crippen molar-refractivity contribution in [2.24, 2.45) is 0 Å². The first kappa shape index (κ1) is 12.9. The molecule has 4 N–H and O–H groups in total. The first-order valence-electron chi connectivity index (χ1n) is 4.48. The number of nitrogens with one attached hydrogen (secondary N) is 2. The van der Waals surface area contributed by atoms with Crippen molar-refractivity contribution < 1.29 is 13.2 Å². The molecule has 1 aromatic rings. The van der Waals surface area contributed by atoms with Crippen molar-refractivity contribution in [1.29, 1.82) is 0 Å². The lowest BCUT2D eigenvalue weighted by molar-refractivity contribution is 0.0961. The van der Waals surface area contributed by atoms with Crippen molar-refractivity contribution >= 4 is 33.0 Å². The fourth-order valence-electron chi connectivity index (χ4n) is 0.985. The molecule has 0 unspecified atom stereocenters. The van der Waals surface area contributed by atoms with Gasteiger partial charge in [-0.25, -0.2) is 13.1 Å². The maximum Gasteiger partial charge on any atom is 0.263 e. The van der Waals surface area contributed by atoms with Gasteiger partial charge in [-0.2, -0.15) is 0 Å². The highest BCUT2D eigenvalue weighted by Gasteiger charge is 2.12. The van der Waals surface area contributed by atoms with Crippen LogP contribution in [0.15, 0.2) is 11.4 Å². The van der Waals surface area contributed by atoms with E-state index in [-0.39, 0.29) is 18.2 Å². The van der Waals surface area contributed by atoms with Gasteiger partial charge in [0.05, 0.1) is 11.4 Å². The van der Waals surface area contributed by atoms with Crippen LogP contribution in [-0.2, 0) is 10.0 Å². The number of sulfonamides is 1. The van der Waals surface area contributed by atoms with Gasteiger partial charge in [0.15, 0.2) is 0 Å². The van der Waals surface area contributed by atoms with Crippen LogP contribution < -0.4 is 15.8 Å². The van der Waals surface area contributed by atoms with Crippen LogP contribution in [0.1, 0.15) is 9.67 Å². The standard InChI is InChI=1S/C8H13N3O3S2/c1-10-16(13,14)5-3-11-8(12)7-6(9)2-4-15-7/h2,4,10H,3,5,9H2,1H3,(H,11,12). The molecule has 1 rings (SSSR count). The van der Waals surface area contributed by atoms with Crippen LogP contribution in [0.5, 0.6) is 0 Å². The third-order valence-corrected chi connectivity index (χ3v) is 4.16. The van der Waals surface area contributed by atoms with Gasteiger partial charge in [-0.3, -0.25) is 4.79 Å². The summed E-state index contributed by atoms with van der Waals surface area (Å²) in [5.41, 5.74) is 5.95. The average Bonchev–Trinajstić information content (AvgIpc) is 2.64. The molecule has 0 aliphatic rings. The zero-order chi connectivity index (χ0) is 12.2. The average molecular weight is 263 g/mol. The molecular weight excluding hydrogens is 250 g/mol. The number of amides is 1. The topological polar surface area (TPSA) is 101 Å². The molecule has 0 aliphatic carbocycles. The number of anilines is 1. The Morgan fingerprint density at radius 1 is 1.56 bits per heavy atom. The molecule has 0 radical (unpaired) electrons. The SMILES string of the molecule is CNS(=O)(=O)CCNC(=O)c1sccc1N. The molecule has 0 spiro atoms. The maximum atomic E-state index is 11.5. The summed E-state index contributed by atoms with van der Waals surface area (Å²) >= 11 is 1.22. The van der Waals surface area contributed by atoms with Gasteiger partial charge in [0.2, 0.25) is 10.0 Å². The predicted octanol–water partition coefficient (Wildman–Crippen LogP) is -0.391. The molecule has 16 heavy (non-hydrogen) atoms. The lowest BCUT2D eigenvalue weighted by Crippen LogP contribution is -2.32. The number of nitrogen functional groups attached to an aromatic ring is 1. The molecule has 0 bridgehead atoms. The molecule has 0 saturated carbocycles. The number of hydrogen-bond acceptors (Lipinski definition) is 5.